The maximum Gasteiger partial charge on any atom is 0.131 e. The van der Waals surface area contributed by atoms with Crippen molar-refractivity contribution in [2.24, 2.45) is 0 Å². The van der Waals surface area contributed by atoms with Gasteiger partial charge >= 0.3 is 0 Å². The number of anilines is 1. The highest BCUT2D eigenvalue weighted by Gasteiger charge is 2.10. The highest BCUT2D eigenvalue weighted by Crippen LogP contribution is 2.31. The number of nitrogens with zero attached hydrogens (tertiary/aromatic N) is 2. The smallest absolute Gasteiger partial charge is 0.131 e. The average Bonchev–Trinajstić information content (AvgIpc) is 2.72. The summed E-state index contributed by atoms with van der Waals surface area (Å²) in [5.41, 5.74) is 8.01. The molecule has 0 saturated heterocycles. The van der Waals surface area contributed by atoms with Gasteiger partial charge in [0.15, 0.2) is 0 Å². The van der Waals surface area contributed by atoms with Crippen LogP contribution in [-0.4, -0.2) is 9.55 Å². The van der Waals surface area contributed by atoms with Crippen LogP contribution in [0.25, 0.3) is 11.3 Å². The van der Waals surface area contributed by atoms with Gasteiger partial charge in [-0.3, -0.25) is 0 Å². The molecule has 2 aromatic rings. The lowest BCUT2D eigenvalue weighted by atomic mass is 10.1. The Morgan fingerprint density at radius 2 is 2.06 bits per heavy atom. The quantitative estimate of drug-likeness (QED) is 0.860. The fourth-order valence-electron chi connectivity index (χ4n) is 1.76. The van der Waals surface area contributed by atoms with E-state index in [-0.39, 0.29) is 0 Å². The number of rotatable bonds is 4. The van der Waals surface area contributed by atoms with Gasteiger partial charge in [-0.25, -0.2) is 4.98 Å². The van der Waals surface area contributed by atoms with E-state index in [9.17, 15) is 0 Å². The van der Waals surface area contributed by atoms with E-state index in [0.717, 1.165) is 45.4 Å². The molecule has 0 saturated carbocycles. The molecule has 1 aromatic heterocycles. The van der Waals surface area contributed by atoms with Crippen LogP contribution in [-0.2, 0) is 6.54 Å². The molecule has 0 amide bonds. The Morgan fingerprint density at radius 1 is 1.28 bits per heavy atom. The maximum absolute atomic E-state index is 6.14. The second-order valence-electron chi connectivity index (χ2n) is 4.15. The molecule has 18 heavy (non-hydrogen) atoms. The van der Waals surface area contributed by atoms with E-state index in [1.54, 1.807) is 0 Å². The summed E-state index contributed by atoms with van der Waals surface area (Å²) in [6, 6.07) is 6.02. The van der Waals surface area contributed by atoms with Crippen LogP contribution >= 0.6 is 31.9 Å². The normalized spacial score (nSPS) is 10.8. The minimum atomic E-state index is 0.734. The second-order valence-corrected chi connectivity index (χ2v) is 5.86. The first-order chi connectivity index (χ1) is 8.63. The van der Waals surface area contributed by atoms with Crippen molar-refractivity contribution in [3.05, 3.63) is 33.5 Å². The van der Waals surface area contributed by atoms with Gasteiger partial charge in [0.05, 0.1) is 6.33 Å². The number of imidazole rings is 1. The Kier molecular flexibility index (Phi) is 4.45. The van der Waals surface area contributed by atoms with Crippen molar-refractivity contribution in [1.29, 1.82) is 0 Å². The summed E-state index contributed by atoms with van der Waals surface area (Å²) in [6.45, 7) is 3.09. The van der Waals surface area contributed by atoms with Crippen LogP contribution in [0.1, 0.15) is 19.8 Å². The van der Waals surface area contributed by atoms with Crippen molar-refractivity contribution in [2.75, 3.05) is 5.73 Å². The zero-order valence-electron chi connectivity index (χ0n) is 10.2. The average molecular weight is 373 g/mol. The molecule has 0 bridgehead atoms. The number of nitrogen functional groups attached to an aromatic ring is 1. The fourth-order valence-corrected chi connectivity index (χ4v) is 2.39. The number of hydrogen-bond donors (Lipinski definition) is 1. The molecular formula is C13H15Br2N3. The van der Waals surface area contributed by atoms with Crippen molar-refractivity contribution < 1.29 is 0 Å². The summed E-state index contributed by atoms with van der Waals surface area (Å²) in [5.74, 6) is 0.734. The van der Waals surface area contributed by atoms with Crippen LogP contribution in [0.5, 0.6) is 0 Å². The third-order valence-corrected chi connectivity index (χ3v) is 4.70. The Hall–Kier alpha value is -0.810. The second kappa shape index (κ2) is 5.89. The molecule has 2 N–H and O–H groups in total. The Morgan fingerprint density at radius 3 is 2.72 bits per heavy atom. The minimum Gasteiger partial charge on any atom is -0.383 e. The van der Waals surface area contributed by atoms with Crippen LogP contribution in [0.4, 0.5) is 5.82 Å². The van der Waals surface area contributed by atoms with Crippen molar-refractivity contribution in [2.45, 2.75) is 26.3 Å². The summed E-state index contributed by atoms with van der Waals surface area (Å²) >= 11 is 6.95. The molecular weight excluding hydrogens is 358 g/mol. The molecule has 96 valence electrons. The minimum absolute atomic E-state index is 0.734. The first-order valence-corrected chi connectivity index (χ1v) is 7.48. The number of benzene rings is 1. The number of nitrogens with two attached hydrogens (primary N) is 1. The van der Waals surface area contributed by atoms with Crippen LogP contribution in [0.2, 0.25) is 0 Å². The molecule has 2 rings (SSSR count). The van der Waals surface area contributed by atoms with Crippen LogP contribution in [0.15, 0.2) is 33.5 Å². The van der Waals surface area contributed by atoms with Crippen LogP contribution < -0.4 is 5.73 Å². The number of halogens is 2. The summed E-state index contributed by atoms with van der Waals surface area (Å²) in [5, 5.41) is 0. The summed E-state index contributed by atoms with van der Waals surface area (Å²) in [4.78, 5) is 4.41. The lowest BCUT2D eigenvalue weighted by Gasteiger charge is -2.05. The van der Waals surface area contributed by atoms with Gasteiger partial charge in [-0.2, -0.15) is 0 Å². The van der Waals surface area contributed by atoms with Gasteiger partial charge in [0.2, 0.25) is 0 Å². The van der Waals surface area contributed by atoms with Crippen molar-refractivity contribution in [1.82, 2.24) is 9.55 Å². The number of aromatic nitrogens is 2. The van der Waals surface area contributed by atoms with Gasteiger partial charge in [0, 0.05) is 21.1 Å². The monoisotopic (exact) mass is 371 g/mol. The van der Waals surface area contributed by atoms with Gasteiger partial charge in [-0.15, -0.1) is 0 Å². The molecule has 0 aliphatic carbocycles. The number of unbranched alkanes of at least 4 members (excludes halogenated alkanes) is 1. The van der Waals surface area contributed by atoms with E-state index in [2.05, 4.69) is 43.8 Å². The summed E-state index contributed by atoms with van der Waals surface area (Å²) < 4.78 is 4.03. The summed E-state index contributed by atoms with van der Waals surface area (Å²) in [7, 11) is 0. The predicted octanol–water partition coefficient (Wildman–Crippen LogP) is 4.46. The molecule has 0 aliphatic rings. The first-order valence-electron chi connectivity index (χ1n) is 5.89. The molecule has 0 spiro atoms. The highest BCUT2D eigenvalue weighted by atomic mass is 79.9. The molecule has 0 unspecified atom stereocenters. The van der Waals surface area contributed by atoms with Gasteiger partial charge in [-0.1, -0.05) is 19.4 Å². The first kappa shape index (κ1) is 13.6. The summed E-state index contributed by atoms with van der Waals surface area (Å²) in [6.07, 6.45) is 4.08. The van der Waals surface area contributed by atoms with Crippen molar-refractivity contribution in [3.8, 4) is 11.3 Å². The number of hydrogen-bond acceptors (Lipinski definition) is 2. The van der Waals surface area contributed by atoms with Gasteiger partial charge < -0.3 is 10.3 Å². The van der Waals surface area contributed by atoms with E-state index in [4.69, 9.17) is 5.73 Å². The van der Waals surface area contributed by atoms with Gasteiger partial charge in [0.25, 0.3) is 0 Å². The largest absolute Gasteiger partial charge is 0.383 e. The third kappa shape index (κ3) is 2.78. The van der Waals surface area contributed by atoms with E-state index in [1.165, 1.54) is 0 Å². The molecule has 0 aliphatic heterocycles. The van der Waals surface area contributed by atoms with E-state index in [0.29, 0.717) is 0 Å². The van der Waals surface area contributed by atoms with Crippen molar-refractivity contribution in [3.63, 3.8) is 0 Å². The van der Waals surface area contributed by atoms with Gasteiger partial charge in [-0.05, 0) is 50.4 Å². The van der Waals surface area contributed by atoms with Crippen LogP contribution in [0, 0.1) is 0 Å². The predicted molar refractivity (Wildman–Crippen MR) is 82.4 cm³/mol. The van der Waals surface area contributed by atoms with Crippen molar-refractivity contribution >= 4 is 37.7 Å². The zero-order valence-corrected chi connectivity index (χ0v) is 13.3. The lowest BCUT2D eigenvalue weighted by molar-refractivity contribution is 0.637. The molecule has 5 heteroatoms. The topological polar surface area (TPSA) is 43.8 Å². The molecule has 0 fully saturated rings. The van der Waals surface area contributed by atoms with E-state index >= 15 is 0 Å². The fraction of sp³-hybridized carbons (Fsp3) is 0.308. The van der Waals surface area contributed by atoms with E-state index in [1.807, 2.05) is 29.1 Å². The molecule has 1 heterocycles. The van der Waals surface area contributed by atoms with Gasteiger partial charge in [0.1, 0.15) is 11.5 Å². The molecule has 0 atom stereocenters. The maximum atomic E-state index is 6.14. The lowest BCUT2D eigenvalue weighted by Crippen LogP contribution is -2.02. The standard InChI is InChI=1S/C13H15Br2N3/c1-2-3-6-18-8-17-12(13(18)16)9-4-5-10(14)11(15)7-9/h4-5,7-8H,2-3,6,16H2,1H3. The SMILES string of the molecule is CCCCn1cnc(-c2ccc(Br)c(Br)c2)c1N. The van der Waals surface area contributed by atoms with E-state index < -0.39 is 0 Å². The molecule has 1 aromatic carbocycles. The third-order valence-electron chi connectivity index (χ3n) is 2.82. The van der Waals surface area contributed by atoms with Crippen LogP contribution in [0.3, 0.4) is 0 Å². The highest BCUT2D eigenvalue weighted by molar-refractivity contribution is 9.13. The molecule has 0 radical (unpaired) electrons. The molecule has 3 nitrogen and oxygen atoms in total. The Balaban J connectivity index is 2.33. The number of aryl methyl sites for hydroxylation is 1. The Labute approximate surface area is 124 Å². The Bertz CT molecular complexity index is 549. The zero-order chi connectivity index (χ0) is 13.1.